The summed E-state index contributed by atoms with van der Waals surface area (Å²) in [6.45, 7) is 2.00. The van der Waals surface area contributed by atoms with Crippen LogP contribution in [0.15, 0.2) is 30.3 Å². The van der Waals surface area contributed by atoms with Crippen molar-refractivity contribution in [2.24, 2.45) is 0 Å². The van der Waals surface area contributed by atoms with Crippen molar-refractivity contribution in [3.63, 3.8) is 0 Å². The maximum Gasteiger partial charge on any atom is 0.418 e. The molecule has 1 N–H and O–H groups in total. The number of para-hydroxylation sites is 1. The van der Waals surface area contributed by atoms with Gasteiger partial charge in [-0.1, -0.05) is 12.1 Å². The summed E-state index contributed by atoms with van der Waals surface area (Å²) in [5.74, 6) is 0. The van der Waals surface area contributed by atoms with Gasteiger partial charge in [0.1, 0.15) is 0 Å². The van der Waals surface area contributed by atoms with E-state index in [0.717, 1.165) is 16.5 Å². The molecular formula is C14H12F3NS. The Morgan fingerprint density at radius 1 is 1.21 bits per heavy atom. The Bertz CT molecular complexity index is 615. The van der Waals surface area contributed by atoms with Gasteiger partial charge >= 0.3 is 6.18 Å². The first-order chi connectivity index (χ1) is 8.95. The summed E-state index contributed by atoms with van der Waals surface area (Å²) in [5.41, 5.74) is 0.415. The van der Waals surface area contributed by atoms with Gasteiger partial charge in [-0.2, -0.15) is 13.2 Å². The number of thiophene rings is 1. The van der Waals surface area contributed by atoms with Gasteiger partial charge in [0.2, 0.25) is 0 Å². The number of rotatable bonds is 1. The fraction of sp³-hybridized carbons (Fsp3) is 0.286. The van der Waals surface area contributed by atoms with Crippen LogP contribution in [0.2, 0.25) is 0 Å². The molecule has 100 valence electrons. The zero-order chi connectivity index (χ0) is 13.6. The van der Waals surface area contributed by atoms with Gasteiger partial charge in [-0.25, -0.2) is 0 Å². The molecule has 1 aliphatic heterocycles. The van der Waals surface area contributed by atoms with Crippen LogP contribution in [0.1, 0.15) is 26.9 Å². The minimum Gasteiger partial charge on any atom is -0.376 e. The van der Waals surface area contributed by atoms with Crippen LogP contribution < -0.4 is 5.32 Å². The highest BCUT2D eigenvalue weighted by atomic mass is 32.1. The number of nitrogens with one attached hydrogen (secondary N) is 1. The van der Waals surface area contributed by atoms with Crippen molar-refractivity contribution in [3.8, 4) is 0 Å². The number of anilines is 1. The highest BCUT2D eigenvalue weighted by Gasteiger charge is 2.37. The average Bonchev–Trinajstić information content (AvgIpc) is 2.92. The summed E-state index contributed by atoms with van der Waals surface area (Å²) < 4.78 is 38.8. The van der Waals surface area contributed by atoms with E-state index in [2.05, 4.69) is 5.32 Å². The Balaban J connectivity index is 1.96. The van der Waals surface area contributed by atoms with Crippen molar-refractivity contribution in [3.05, 3.63) is 51.2 Å². The van der Waals surface area contributed by atoms with E-state index >= 15 is 0 Å². The molecule has 0 radical (unpaired) electrons. The third-order valence-electron chi connectivity index (χ3n) is 3.30. The van der Waals surface area contributed by atoms with Gasteiger partial charge in [0.25, 0.3) is 0 Å². The highest BCUT2D eigenvalue weighted by molar-refractivity contribution is 7.12. The first kappa shape index (κ1) is 12.5. The molecule has 0 saturated carbocycles. The van der Waals surface area contributed by atoms with E-state index < -0.39 is 11.7 Å². The van der Waals surface area contributed by atoms with Crippen LogP contribution in [0.3, 0.4) is 0 Å². The molecule has 0 aliphatic carbocycles. The standard InChI is InChI=1S/C14H12F3NS/c1-8-5-6-12(19-8)11-7-9-3-2-4-10(13(9)18-11)14(15,16)17/h2-6,11,18H,7H2,1H3. The van der Waals surface area contributed by atoms with Gasteiger partial charge < -0.3 is 5.32 Å². The van der Waals surface area contributed by atoms with Crippen LogP contribution >= 0.6 is 11.3 Å². The Morgan fingerprint density at radius 2 is 2.00 bits per heavy atom. The van der Waals surface area contributed by atoms with Gasteiger partial charge in [0.05, 0.1) is 17.3 Å². The van der Waals surface area contributed by atoms with Crippen LogP contribution in [0.5, 0.6) is 0 Å². The van der Waals surface area contributed by atoms with Crippen molar-refractivity contribution in [2.75, 3.05) is 5.32 Å². The number of halogens is 3. The minimum absolute atomic E-state index is 0.0443. The van der Waals surface area contributed by atoms with Crippen molar-refractivity contribution in [2.45, 2.75) is 25.6 Å². The lowest BCUT2D eigenvalue weighted by atomic mass is 10.1. The van der Waals surface area contributed by atoms with Crippen molar-refractivity contribution < 1.29 is 13.2 Å². The van der Waals surface area contributed by atoms with Gasteiger partial charge in [0.15, 0.2) is 0 Å². The van der Waals surface area contributed by atoms with E-state index in [9.17, 15) is 13.2 Å². The molecule has 1 aromatic carbocycles. The highest BCUT2D eigenvalue weighted by Crippen LogP contribution is 2.43. The van der Waals surface area contributed by atoms with Crippen molar-refractivity contribution in [1.82, 2.24) is 0 Å². The summed E-state index contributed by atoms with van der Waals surface area (Å²) in [6, 6.07) is 8.31. The number of alkyl halides is 3. The summed E-state index contributed by atoms with van der Waals surface area (Å²) in [5, 5.41) is 3.03. The lowest BCUT2D eigenvalue weighted by Crippen LogP contribution is -2.10. The fourth-order valence-electron chi connectivity index (χ4n) is 2.43. The van der Waals surface area contributed by atoms with Crippen LogP contribution in [0.25, 0.3) is 0 Å². The van der Waals surface area contributed by atoms with E-state index in [1.54, 1.807) is 17.4 Å². The number of benzene rings is 1. The molecule has 19 heavy (non-hydrogen) atoms. The number of aryl methyl sites for hydroxylation is 1. The summed E-state index contributed by atoms with van der Waals surface area (Å²) in [6.07, 6.45) is -3.70. The second-order valence-electron chi connectivity index (χ2n) is 4.69. The largest absolute Gasteiger partial charge is 0.418 e. The number of hydrogen-bond donors (Lipinski definition) is 1. The lowest BCUT2D eigenvalue weighted by Gasteiger charge is -2.13. The maximum atomic E-state index is 12.9. The predicted molar refractivity (Wildman–Crippen MR) is 70.6 cm³/mol. The molecule has 3 rings (SSSR count). The third-order valence-corrected chi connectivity index (χ3v) is 4.42. The molecule has 1 aromatic heterocycles. The predicted octanol–water partition coefficient (Wildman–Crippen LogP) is 4.78. The molecular weight excluding hydrogens is 271 g/mol. The second-order valence-corrected chi connectivity index (χ2v) is 6.01. The molecule has 0 fully saturated rings. The molecule has 1 aliphatic rings. The van der Waals surface area contributed by atoms with Gasteiger partial charge in [-0.3, -0.25) is 0 Å². The fourth-order valence-corrected chi connectivity index (χ4v) is 3.36. The first-order valence-corrected chi connectivity index (χ1v) is 6.79. The smallest absolute Gasteiger partial charge is 0.376 e. The average molecular weight is 283 g/mol. The Kier molecular flexibility index (Phi) is 2.82. The van der Waals surface area contributed by atoms with Crippen molar-refractivity contribution >= 4 is 17.0 Å². The topological polar surface area (TPSA) is 12.0 Å². The molecule has 0 amide bonds. The Labute approximate surface area is 113 Å². The van der Waals surface area contributed by atoms with Crippen LogP contribution in [0.4, 0.5) is 18.9 Å². The molecule has 1 unspecified atom stereocenters. The Hall–Kier alpha value is -1.49. The molecule has 2 aromatic rings. The second kappa shape index (κ2) is 4.27. The molecule has 5 heteroatoms. The number of hydrogen-bond acceptors (Lipinski definition) is 2. The normalized spacial score (nSPS) is 18.2. The van der Waals surface area contributed by atoms with Gasteiger partial charge in [0, 0.05) is 9.75 Å². The maximum absolute atomic E-state index is 12.9. The van der Waals surface area contributed by atoms with Gasteiger partial charge in [-0.05, 0) is 37.1 Å². The van der Waals surface area contributed by atoms with Crippen LogP contribution in [-0.4, -0.2) is 0 Å². The van der Waals surface area contributed by atoms with E-state index in [1.165, 1.54) is 10.9 Å². The summed E-state index contributed by atoms with van der Waals surface area (Å²) in [7, 11) is 0. The monoisotopic (exact) mass is 283 g/mol. The summed E-state index contributed by atoms with van der Waals surface area (Å²) in [4.78, 5) is 2.26. The molecule has 0 bridgehead atoms. The first-order valence-electron chi connectivity index (χ1n) is 5.97. The van der Waals surface area contributed by atoms with E-state index in [-0.39, 0.29) is 11.7 Å². The molecule has 1 atom stereocenters. The quantitative estimate of drug-likeness (QED) is 0.794. The molecule has 0 spiro atoms. The molecule has 0 saturated heterocycles. The summed E-state index contributed by atoms with van der Waals surface area (Å²) >= 11 is 1.63. The van der Waals surface area contributed by atoms with E-state index in [1.807, 2.05) is 19.1 Å². The molecule has 1 nitrogen and oxygen atoms in total. The third kappa shape index (κ3) is 2.23. The zero-order valence-electron chi connectivity index (χ0n) is 10.2. The molecule has 2 heterocycles. The van der Waals surface area contributed by atoms with Crippen LogP contribution in [0, 0.1) is 6.92 Å². The SMILES string of the molecule is Cc1ccc(C2Cc3cccc(C(F)(F)F)c3N2)s1. The van der Waals surface area contributed by atoms with Crippen molar-refractivity contribution in [1.29, 1.82) is 0 Å². The van der Waals surface area contributed by atoms with E-state index in [4.69, 9.17) is 0 Å². The lowest BCUT2D eigenvalue weighted by molar-refractivity contribution is -0.136. The van der Waals surface area contributed by atoms with E-state index in [0.29, 0.717) is 6.42 Å². The Morgan fingerprint density at radius 3 is 2.63 bits per heavy atom. The number of fused-ring (bicyclic) bond motifs is 1. The minimum atomic E-state index is -4.31. The van der Waals surface area contributed by atoms with Gasteiger partial charge in [-0.15, -0.1) is 11.3 Å². The zero-order valence-corrected chi connectivity index (χ0v) is 11.0. The van der Waals surface area contributed by atoms with Crippen LogP contribution in [-0.2, 0) is 12.6 Å².